The average molecular weight is 728 g/mol. The number of allylic oxidation sites excluding steroid dienone is 1. The van der Waals surface area contributed by atoms with E-state index in [0.717, 1.165) is 73.0 Å². The molecular weight excluding hydrogens is 683 g/mol. The van der Waals surface area contributed by atoms with Crippen LogP contribution in [0.5, 0.6) is 11.5 Å². The van der Waals surface area contributed by atoms with Crippen molar-refractivity contribution in [1.82, 2.24) is 20.0 Å². The number of nitrogens with one attached hydrogen (secondary N) is 2. The lowest BCUT2D eigenvalue weighted by Crippen LogP contribution is -2.54. The van der Waals surface area contributed by atoms with Crippen LogP contribution in [0.25, 0.3) is 11.1 Å². The van der Waals surface area contributed by atoms with Crippen LogP contribution in [0, 0.1) is 0 Å². The van der Waals surface area contributed by atoms with Crippen molar-refractivity contribution in [1.29, 1.82) is 0 Å². The van der Waals surface area contributed by atoms with Gasteiger partial charge in [0.1, 0.15) is 24.1 Å². The third-order valence-electron chi connectivity index (χ3n) is 10.4. The Hall–Kier alpha value is -5.78. The van der Waals surface area contributed by atoms with E-state index in [4.69, 9.17) is 4.74 Å². The van der Waals surface area contributed by atoms with Crippen LogP contribution in [0.2, 0.25) is 0 Å². The molecule has 54 heavy (non-hydrogen) atoms. The molecule has 3 N–H and O–H groups in total. The van der Waals surface area contributed by atoms with Crippen molar-refractivity contribution in [2.75, 3.05) is 57.7 Å². The molecule has 4 aromatic rings. The zero-order valence-corrected chi connectivity index (χ0v) is 30.4. The molecule has 0 spiro atoms. The second-order valence-corrected chi connectivity index (χ2v) is 13.8. The first-order chi connectivity index (χ1) is 26.3. The molecule has 7 rings (SSSR count). The topological polar surface area (TPSA) is 132 Å². The van der Waals surface area contributed by atoms with E-state index in [2.05, 4.69) is 63.8 Å². The first-order valence-electron chi connectivity index (χ1n) is 18.6. The number of amides is 4. The van der Waals surface area contributed by atoms with E-state index in [-0.39, 0.29) is 29.7 Å². The fourth-order valence-electron chi connectivity index (χ4n) is 7.57. The summed E-state index contributed by atoms with van der Waals surface area (Å²) in [6.45, 7) is 8.54. The first-order valence-corrected chi connectivity index (χ1v) is 18.6. The Morgan fingerprint density at radius 1 is 0.778 bits per heavy atom. The number of aromatic hydroxyl groups is 1. The van der Waals surface area contributed by atoms with Crippen molar-refractivity contribution < 1.29 is 29.0 Å². The lowest BCUT2D eigenvalue weighted by atomic mass is 9.88. The maximum atomic E-state index is 13.4. The van der Waals surface area contributed by atoms with Gasteiger partial charge >= 0.3 is 0 Å². The molecule has 0 bridgehead atoms. The summed E-state index contributed by atoms with van der Waals surface area (Å²) in [6, 6.07) is 30.2. The highest BCUT2D eigenvalue weighted by Crippen LogP contribution is 2.36. The highest BCUT2D eigenvalue weighted by Gasteiger charge is 2.45. The van der Waals surface area contributed by atoms with Gasteiger partial charge in [0.05, 0.1) is 11.1 Å². The van der Waals surface area contributed by atoms with Gasteiger partial charge in [0.15, 0.2) is 0 Å². The Labute approximate surface area is 315 Å². The number of hydrogen-bond donors (Lipinski definition) is 3. The molecule has 278 valence electrons. The molecule has 0 radical (unpaired) electrons. The van der Waals surface area contributed by atoms with Gasteiger partial charge in [0.25, 0.3) is 11.8 Å². The maximum Gasteiger partial charge on any atom is 0.264 e. The van der Waals surface area contributed by atoms with Gasteiger partial charge in [-0.05, 0) is 77.1 Å². The van der Waals surface area contributed by atoms with Crippen LogP contribution in [0.15, 0.2) is 97.1 Å². The number of hydrogen-bond acceptors (Lipinski definition) is 9. The SMILES string of the molecule is CC/C(=C(\c1ccc(O)cc1)c1ccc(OCCN2CCN(CCNc3cccc4c3C(=O)N(C3CCC(=O)NC3=O)C4=O)CC2)cc1)c1ccccc1. The van der Waals surface area contributed by atoms with Crippen molar-refractivity contribution in [3.8, 4) is 11.5 Å². The number of benzene rings is 4. The Morgan fingerprint density at radius 2 is 1.44 bits per heavy atom. The number of anilines is 1. The van der Waals surface area contributed by atoms with Crippen LogP contribution in [0.1, 0.15) is 63.6 Å². The number of phenolic OH excluding ortho intramolecular Hbond substituents is 1. The number of ether oxygens (including phenoxy) is 1. The average Bonchev–Trinajstić information content (AvgIpc) is 3.44. The lowest BCUT2D eigenvalue weighted by molar-refractivity contribution is -0.136. The molecule has 2 fully saturated rings. The van der Waals surface area contributed by atoms with E-state index in [1.165, 1.54) is 11.1 Å². The normalized spacial score (nSPS) is 18.3. The molecule has 1 atom stereocenters. The summed E-state index contributed by atoms with van der Waals surface area (Å²) in [4.78, 5) is 56.4. The van der Waals surface area contributed by atoms with Gasteiger partial charge in [-0.1, -0.05) is 67.6 Å². The highest BCUT2D eigenvalue weighted by molar-refractivity contribution is 6.25. The van der Waals surface area contributed by atoms with Gasteiger partial charge < -0.3 is 15.2 Å². The lowest BCUT2D eigenvalue weighted by Gasteiger charge is -2.34. The monoisotopic (exact) mass is 727 g/mol. The van der Waals surface area contributed by atoms with Gasteiger partial charge in [0, 0.05) is 57.9 Å². The summed E-state index contributed by atoms with van der Waals surface area (Å²) in [5.74, 6) is -0.972. The number of piperidine rings is 1. The molecule has 11 heteroatoms. The number of phenols is 1. The Bertz CT molecular complexity index is 2040. The first kappa shape index (κ1) is 36.6. The van der Waals surface area contributed by atoms with Crippen LogP contribution >= 0.6 is 0 Å². The smallest absolute Gasteiger partial charge is 0.264 e. The molecule has 0 aromatic heterocycles. The molecule has 4 aromatic carbocycles. The zero-order chi connectivity index (χ0) is 37.6. The van der Waals surface area contributed by atoms with E-state index in [9.17, 15) is 24.3 Å². The minimum Gasteiger partial charge on any atom is -0.508 e. The van der Waals surface area contributed by atoms with Crippen LogP contribution in [0.4, 0.5) is 5.69 Å². The van der Waals surface area contributed by atoms with Gasteiger partial charge in [0.2, 0.25) is 11.8 Å². The highest BCUT2D eigenvalue weighted by atomic mass is 16.5. The second kappa shape index (κ2) is 16.5. The number of rotatable bonds is 13. The summed E-state index contributed by atoms with van der Waals surface area (Å²) in [5, 5.41) is 15.5. The molecule has 0 saturated carbocycles. The largest absolute Gasteiger partial charge is 0.508 e. The molecule has 2 saturated heterocycles. The molecule has 11 nitrogen and oxygen atoms in total. The Kier molecular flexibility index (Phi) is 11.2. The molecule has 3 aliphatic rings. The standard InChI is InChI=1S/C43H45N5O6/c1-2-34(29-7-4-3-5-8-29)39(30-11-15-32(49)16-12-30)31-13-17-33(18-14-31)54-28-27-47-25-23-46(24-26-47)22-21-44-36-10-6-9-35-40(36)43(53)48(42(35)52)37-19-20-38(50)45-41(37)51/h3-18,37,44,49H,2,19-28H2,1H3,(H,45,50,51)/b39-34-. The number of fused-ring (bicyclic) bond motifs is 1. The molecule has 0 aliphatic carbocycles. The van der Waals surface area contributed by atoms with E-state index < -0.39 is 29.7 Å². The summed E-state index contributed by atoms with van der Waals surface area (Å²) in [7, 11) is 0. The number of imide groups is 2. The summed E-state index contributed by atoms with van der Waals surface area (Å²) in [5.41, 5.74) is 6.79. The van der Waals surface area contributed by atoms with Crippen LogP contribution < -0.4 is 15.4 Å². The summed E-state index contributed by atoms with van der Waals surface area (Å²) < 4.78 is 6.18. The fraction of sp³-hybridized carbons (Fsp3) is 0.302. The second-order valence-electron chi connectivity index (χ2n) is 13.8. The number of carbonyl (C=O) groups excluding carboxylic acids is 4. The predicted molar refractivity (Wildman–Crippen MR) is 207 cm³/mol. The van der Waals surface area contributed by atoms with Crippen molar-refractivity contribution in [2.24, 2.45) is 0 Å². The van der Waals surface area contributed by atoms with Crippen molar-refractivity contribution >= 4 is 40.5 Å². The summed E-state index contributed by atoms with van der Waals surface area (Å²) >= 11 is 0. The van der Waals surface area contributed by atoms with Gasteiger partial charge in [-0.2, -0.15) is 0 Å². The maximum absolute atomic E-state index is 13.4. The van der Waals surface area contributed by atoms with E-state index in [1.54, 1.807) is 30.3 Å². The zero-order valence-electron chi connectivity index (χ0n) is 30.4. The molecule has 3 aliphatic heterocycles. The van der Waals surface area contributed by atoms with Gasteiger partial charge in [-0.3, -0.25) is 39.2 Å². The van der Waals surface area contributed by atoms with Gasteiger partial charge in [-0.25, -0.2) is 0 Å². The van der Waals surface area contributed by atoms with E-state index >= 15 is 0 Å². The van der Waals surface area contributed by atoms with E-state index in [0.29, 0.717) is 18.8 Å². The predicted octanol–water partition coefficient (Wildman–Crippen LogP) is 5.27. The Balaban J connectivity index is 0.886. The van der Waals surface area contributed by atoms with Crippen molar-refractivity contribution in [2.45, 2.75) is 32.2 Å². The fourth-order valence-corrected chi connectivity index (χ4v) is 7.57. The summed E-state index contributed by atoms with van der Waals surface area (Å²) in [6.07, 6.45) is 1.07. The van der Waals surface area contributed by atoms with Crippen LogP contribution in [-0.4, -0.2) is 102 Å². The van der Waals surface area contributed by atoms with Crippen molar-refractivity contribution in [3.63, 3.8) is 0 Å². The minimum absolute atomic E-state index is 0.0846. The third kappa shape index (κ3) is 7.92. The van der Waals surface area contributed by atoms with Crippen LogP contribution in [-0.2, 0) is 9.59 Å². The Morgan fingerprint density at radius 3 is 2.11 bits per heavy atom. The van der Waals surface area contributed by atoms with Gasteiger partial charge in [-0.15, -0.1) is 0 Å². The minimum atomic E-state index is -0.988. The molecule has 1 unspecified atom stereocenters. The molecular formula is C43H45N5O6. The quantitative estimate of drug-likeness (QED) is 0.125. The molecule has 4 amide bonds. The van der Waals surface area contributed by atoms with E-state index in [1.807, 2.05) is 30.3 Å². The van der Waals surface area contributed by atoms with Crippen molar-refractivity contribution in [3.05, 3.63) is 125 Å². The molecule has 3 heterocycles. The van der Waals surface area contributed by atoms with Crippen LogP contribution in [0.3, 0.4) is 0 Å². The third-order valence-corrected chi connectivity index (χ3v) is 10.4. The number of carbonyl (C=O) groups is 4. The number of nitrogens with zero attached hydrogens (tertiary/aromatic N) is 3. The number of piperazine rings is 1.